The number of rotatable bonds is 3. The van der Waals surface area contributed by atoms with Crippen LogP contribution >= 0.6 is 15.9 Å². The van der Waals surface area contributed by atoms with Crippen molar-refractivity contribution < 1.29 is 0 Å². The lowest BCUT2D eigenvalue weighted by Gasteiger charge is -2.17. The first-order chi connectivity index (χ1) is 9.72. The maximum atomic E-state index is 5.95. The van der Waals surface area contributed by atoms with Gasteiger partial charge in [0.1, 0.15) is 0 Å². The van der Waals surface area contributed by atoms with E-state index in [1.54, 1.807) is 0 Å². The largest absolute Gasteiger partial charge is 0.398 e. The first-order valence-electron chi connectivity index (χ1n) is 7.03. The molecule has 0 radical (unpaired) electrons. The third-order valence-electron chi connectivity index (χ3n) is 4.01. The van der Waals surface area contributed by atoms with E-state index >= 15 is 0 Å². The zero-order chi connectivity index (χ0) is 13.9. The van der Waals surface area contributed by atoms with Crippen molar-refractivity contribution in [3.8, 4) is 0 Å². The Hall–Kier alpha value is -1.32. The van der Waals surface area contributed by atoms with Crippen LogP contribution in [0.1, 0.15) is 23.5 Å². The zero-order valence-electron chi connectivity index (χ0n) is 11.4. The lowest BCUT2D eigenvalue weighted by atomic mass is 9.99. The lowest BCUT2D eigenvalue weighted by molar-refractivity contribution is 0.327. The maximum absolute atomic E-state index is 5.95. The van der Waals surface area contributed by atoms with Gasteiger partial charge in [-0.1, -0.05) is 36.4 Å². The van der Waals surface area contributed by atoms with Gasteiger partial charge in [0.15, 0.2) is 0 Å². The lowest BCUT2D eigenvalue weighted by Crippen LogP contribution is -2.19. The average Bonchev–Trinajstić information content (AvgIpc) is 2.92. The summed E-state index contributed by atoms with van der Waals surface area (Å²) in [6.07, 6.45) is 1.25. The van der Waals surface area contributed by atoms with Gasteiger partial charge in [0.05, 0.1) is 0 Å². The van der Waals surface area contributed by atoms with Crippen LogP contribution < -0.4 is 5.73 Å². The fourth-order valence-corrected chi connectivity index (χ4v) is 3.17. The summed E-state index contributed by atoms with van der Waals surface area (Å²) in [5, 5.41) is 0. The zero-order valence-corrected chi connectivity index (χ0v) is 13.0. The molecule has 0 aliphatic carbocycles. The highest BCUT2D eigenvalue weighted by Gasteiger charge is 2.23. The Labute approximate surface area is 128 Å². The minimum atomic E-state index is 0.670. The fourth-order valence-electron chi connectivity index (χ4n) is 2.92. The monoisotopic (exact) mass is 330 g/mol. The molecule has 0 amide bonds. The second-order valence-electron chi connectivity index (χ2n) is 5.49. The average molecular weight is 331 g/mol. The predicted molar refractivity (Wildman–Crippen MR) is 87.6 cm³/mol. The van der Waals surface area contributed by atoms with Gasteiger partial charge in [-0.25, -0.2) is 0 Å². The van der Waals surface area contributed by atoms with Gasteiger partial charge in [-0.2, -0.15) is 0 Å². The molecule has 20 heavy (non-hydrogen) atoms. The number of likely N-dealkylation sites (tertiary alicyclic amines) is 1. The standard InChI is InChI=1S/C17H19BrN2/c18-16-7-6-13(10-17(16)19)11-20-9-8-15(12-20)14-4-2-1-3-5-14/h1-7,10,15H,8-9,11-12,19H2. The van der Waals surface area contributed by atoms with Crippen LogP contribution in [-0.2, 0) is 6.54 Å². The molecule has 1 aliphatic heterocycles. The highest BCUT2D eigenvalue weighted by molar-refractivity contribution is 9.10. The molecule has 1 atom stereocenters. The molecule has 2 aromatic carbocycles. The second-order valence-corrected chi connectivity index (χ2v) is 6.34. The van der Waals surface area contributed by atoms with Gasteiger partial charge in [0.2, 0.25) is 0 Å². The van der Waals surface area contributed by atoms with Crippen molar-refractivity contribution in [2.75, 3.05) is 18.8 Å². The summed E-state index contributed by atoms with van der Waals surface area (Å²) in [6.45, 7) is 3.29. The van der Waals surface area contributed by atoms with Crippen LogP contribution in [0.15, 0.2) is 53.0 Å². The van der Waals surface area contributed by atoms with E-state index in [1.807, 2.05) is 6.07 Å². The van der Waals surface area contributed by atoms with Crippen molar-refractivity contribution in [3.05, 3.63) is 64.1 Å². The normalized spacial score (nSPS) is 19.4. The number of anilines is 1. The van der Waals surface area contributed by atoms with Gasteiger partial charge in [-0.15, -0.1) is 0 Å². The fraction of sp³-hybridized carbons (Fsp3) is 0.294. The number of benzene rings is 2. The molecule has 2 N–H and O–H groups in total. The Morgan fingerprint density at radius 3 is 2.70 bits per heavy atom. The summed E-state index contributed by atoms with van der Waals surface area (Å²) in [6, 6.07) is 17.1. The summed E-state index contributed by atoms with van der Waals surface area (Å²) >= 11 is 3.44. The third kappa shape index (κ3) is 3.05. The molecule has 1 unspecified atom stereocenters. The Morgan fingerprint density at radius 2 is 1.95 bits per heavy atom. The van der Waals surface area contributed by atoms with Gasteiger partial charge >= 0.3 is 0 Å². The molecule has 2 nitrogen and oxygen atoms in total. The van der Waals surface area contributed by atoms with Crippen LogP contribution in [0.3, 0.4) is 0 Å². The van der Waals surface area contributed by atoms with Crippen molar-refractivity contribution in [2.24, 2.45) is 0 Å². The van der Waals surface area contributed by atoms with Crippen molar-refractivity contribution in [2.45, 2.75) is 18.9 Å². The maximum Gasteiger partial charge on any atom is 0.0461 e. The Balaban J connectivity index is 1.64. The molecule has 1 saturated heterocycles. The summed E-state index contributed by atoms with van der Waals surface area (Å²) in [5.74, 6) is 0.670. The van der Waals surface area contributed by atoms with E-state index in [4.69, 9.17) is 5.73 Å². The Morgan fingerprint density at radius 1 is 1.15 bits per heavy atom. The SMILES string of the molecule is Nc1cc(CN2CCC(c3ccccc3)C2)ccc1Br. The van der Waals surface area contributed by atoms with E-state index in [0.29, 0.717) is 5.92 Å². The van der Waals surface area contributed by atoms with Crippen LogP contribution in [0.5, 0.6) is 0 Å². The minimum Gasteiger partial charge on any atom is -0.398 e. The first-order valence-corrected chi connectivity index (χ1v) is 7.83. The van der Waals surface area contributed by atoms with Crippen LogP contribution in [-0.4, -0.2) is 18.0 Å². The summed E-state index contributed by atoms with van der Waals surface area (Å²) in [5.41, 5.74) is 9.52. The van der Waals surface area contributed by atoms with Crippen LogP contribution in [0.25, 0.3) is 0 Å². The van der Waals surface area contributed by atoms with Gasteiger partial charge in [-0.3, -0.25) is 4.90 Å². The number of nitrogens with two attached hydrogens (primary N) is 1. The van der Waals surface area contributed by atoms with Crippen molar-refractivity contribution in [1.29, 1.82) is 0 Å². The molecule has 1 aliphatic rings. The molecule has 3 heteroatoms. The molecular weight excluding hydrogens is 312 g/mol. The molecule has 0 aromatic heterocycles. The molecule has 0 spiro atoms. The molecule has 3 rings (SSSR count). The summed E-state index contributed by atoms with van der Waals surface area (Å²) < 4.78 is 0.977. The summed E-state index contributed by atoms with van der Waals surface area (Å²) in [7, 11) is 0. The number of hydrogen-bond acceptors (Lipinski definition) is 2. The van der Waals surface area contributed by atoms with Crippen LogP contribution in [0, 0.1) is 0 Å². The van der Waals surface area contributed by atoms with Gasteiger partial charge in [-0.05, 0) is 58.1 Å². The van der Waals surface area contributed by atoms with E-state index in [-0.39, 0.29) is 0 Å². The molecule has 0 saturated carbocycles. The van der Waals surface area contributed by atoms with Gasteiger partial charge in [0.25, 0.3) is 0 Å². The number of hydrogen-bond donors (Lipinski definition) is 1. The quantitative estimate of drug-likeness (QED) is 0.861. The van der Waals surface area contributed by atoms with Crippen molar-refractivity contribution in [1.82, 2.24) is 4.90 Å². The third-order valence-corrected chi connectivity index (χ3v) is 4.73. The molecule has 2 aromatic rings. The molecule has 0 bridgehead atoms. The van der Waals surface area contributed by atoms with Crippen molar-refractivity contribution in [3.63, 3.8) is 0 Å². The van der Waals surface area contributed by atoms with Crippen LogP contribution in [0.4, 0.5) is 5.69 Å². The number of nitrogens with zero attached hydrogens (tertiary/aromatic N) is 1. The Bertz CT molecular complexity index is 583. The van der Waals surface area contributed by atoms with Gasteiger partial charge < -0.3 is 5.73 Å². The predicted octanol–water partition coefficient (Wildman–Crippen LogP) is 4.02. The van der Waals surface area contributed by atoms with E-state index in [0.717, 1.165) is 29.8 Å². The second kappa shape index (κ2) is 5.98. The molecular formula is C17H19BrN2. The highest BCUT2D eigenvalue weighted by Crippen LogP contribution is 2.28. The van der Waals surface area contributed by atoms with E-state index < -0.39 is 0 Å². The molecule has 104 valence electrons. The number of halogens is 1. The summed E-state index contributed by atoms with van der Waals surface area (Å²) in [4.78, 5) is 2.51. The van der Waals surface area contributed by atoms with Gasteiger partial charge in [0, 0.05) is 23.2 Å². The van der Waals surface area contributed by atoms with E-state index in [1.165, 1.54) is 17.5 Å². The topological polar surface area (TPSA) is 29.3 Å². The molecule has 1 heterocycles. The van der Waals surface area contributed by atoms with Crippen molar-refractivity contribution >= 4 is 21.6 Å². The van der Waals surface area contributed by atoms with E-state index in [2.05, 4.69) is 63.3 Å². The highest BCUT2D eigenvalue weighted by atomic mass is 79.9. The molecule has 1 fully saturated rings. The smallest absolute Gasteiger partial charge is 0.0461 e. The number of nitrogen functional groups attached to an aromatic ring is 1. The Kier molecular flexibility index (Phi) is 4.08. The van der Waals surface area contributed by atoms with Crippen LogP contribution in [0.2, 0.25) is 0 Å². The minimum absolute atomic E-state index is 0.670. The first kappa shape index (κ1) is 13.7. The van der Waals surface area contributed by atoms with E-state index in [9.17, 15) is 0 Å².